The van der Waals surface area contributed by atoms with Crippen LogP contribution in [0, 0.1) is 5.41 Å². The molecular weight excluding hydrogens is 300 g/mol. The van der Waals surface area contributed by atoms with Crippen molar-refractivity contribution >= 4 is 34.5 Å². The number of hydrogen-bond donors (Lipinski definition) is 1. The second-order valence-corrected chi connectivity index (χ2v) is 7.39. The minimum atomic E-state index is 0.397. The Labute approximate surface area is 137 Å². The first-order chi connectivity index (χ1) is 10.1. The van der Waals surface area contributed by atoms with Crippen LogP contribution in [0.4, 0.5) is 5.69 Å². The molecule has 2 nitrogen and oxygen atoms in total. The zero-order valence-electron chi connectivity index (χ0n) is 12.4. The molecule has 1 spiro atoms. The monoisotopic (exact) mass is 322 g/mol. The number of anilines is 1. The topological polar surface area (TPSA) is 29.3 Å². The van der Waals surface area contributed by atoms with E-state index in [0.29, 0.717) is 15.4 Å². The van der Waals surface area contributed by atoms with Crippen LogP contribution in [0.15, 0.2) is 18.2 Å². The van der Waals surface area contributed by atoms with E-state index in [1.807, 2.05) is 12.1 Å². The Bertz CT molecular complexity index is 528. The third kappa shape index (κ3) is 3.04. The molecule has 0 aromatic heterocycles. The molecule has 0 atom stereocenters. The van der Waals surface area contributed by atoms with Crippen molar-refractivity contribution in [3.8, 4) is 0 Å². The lowest BCUT2D eigenvalue weighted by Gasteiger charge is -2.45. The van der Waals surface area contributed by atoms with Crippen LogP contribution in [0.1, 0.15) is 50.5 Å². The quantitative estimate of drug-likeness (QED) is 0.811. The van der Waals surface area contributed by atoms with Gasteiger partial charge in [0, 0.05) is 18.8 Å². The highest BCUT2D eigenvalue weighted by molar-refractivity contribution is 7.80. The molecule has 1 aromatic carbocycles. The lowest BCUT2D eigenvalue weighted by molar-refractivity contribution is 0.144. The molecule has 3 rings (SSSR count). The van der Waals surface area contributed by atoms with Gasteiger partial charge >= 0.3 is 0 Å². The highest BCUT2D eigenvalue weighted by Crippen LogP contribution is 2.45. The first kappa shape index (κ1) is 15.1. The molecule has 21 heavy (non-hydrogen) atoms. The number of benzene rings is 1. The summed E-state index contributed by atoms with van der Waals surface area (Å²) in [5.74, 6) is 0. The van der Waals surface area contributed by atoms with E-state index in [-0.39, 0.29) is 0 Å². The minimum absolute atomic E-state index is 0.397. The van der Waals surface area contributed by atoms with Crippen molar-refractivity contribution < 1.29 is 0 Å². The van der Waals surface area contributed by atoms with Gasteiger partial charge < -0.3 is 10.6 Å². The Balaban J connectivity index is 1.78. The maximum atomic E-state index is 6.29. The average molecular weight is 323 g/mol. The summed E-state index contributed by atoms with van der Waals surface area (Å²) >= 11 is 11.5. The lowest BCUT2D eigenvalue weighted by atomic mass is 9.68. The largest absolute Gasteiger partial charge is 0.389 e. The van der Waals surface area contributed by atoms with Crippen LogP contribution in [-0.4, -0.2) is 18.1 Å². The van der Waals surface area contributed by atoms with Gasteiger partial charge in [-0.15, -0.1) is 0 Å². The van der Waals surface area contributed by atoms with Crippen molar-refractivity contribution in [1.82, 2.24) is 0 Å². The van der Waals surface area contributed by atoms with E-state index in [0.717, 1.165) is 24.3 Å². The van der Waals surface area contributed by atoms with Crippen molar-refractivity contribution in [2.45, 2.75) is 44.9 Å². The summed E-state index contributed by atoms with van der Waals surface area (Å²) in [5.41, 5.74) is 8.44. The second kappa shape index (κ2) is 6.13. The van der Waals surface area contributed by atoms with E-state index in [1.54, 1.807) is 0 Å². The van der Waals surface area contributed by atoms with Crippen LogP contribution >= 0.6 is 23.8 Å². The summed E-state index contributed by atoms with van der Waals surface area (Å²) in [6, 6.07) is 5.95. The highest BCUT2D eigenvalue weighted by atomic mass is 35.5. The van der Waals surface area contributed by atoms with Gasteiger partial charge in [-0.1, -0.05) is 49.1 Å². The molecular formula is C17H23ClN2S. The van der Waals surface area contributed by atoms with Gasteiger partial charge in [0.05, 0.1) is 10.6 Å². The second-order valence-electron chi connectivity index (χ2n) is 6.55. The van der Waals surface area contributed by atoms with E-state index in [1.165, 1.54) is 44.9 Å². The van der Waals surface area contributed by atoms with Gasteiger partial charge in [-0.25, -0.2) is 0 Å². The summed E-state index contributed by atoms with van der Waals surface area (Å²) in [4.78, 5) is 2.81. The maximum Gasteiger partial charge on any atom is 0.107 e. The Morgan fingerprint density at radius 3 is 2.38 bits per heavy atom. The van der Waals surface area contributed by atoms with Crippen molar-refractivity contribution in [3.05, 3.63) is 28.8 Å². The number of thiocarbonyl (C=S) groups is 1. The lowest BCUT2D eigenvalue weighted by Crippen LogP contribution is -2.41. The fourth-order valence-electron chi connectivity index (χ4n) is 4.04. The number of nitrogens with two attached hydrogens (primary N) is 1. The van der Waals surface area contributed by atoms with Crippen LogP contribution in [0.2, 0.25) is 5.02 Å². The van der Waals surface area contributed by atoms with Crippen LogP contribution < -0.4 is 10.6 Å². The number of nitrogens with zero attached hydrogens (tertiary/aromatic N) is 1. The molecule has 1 heterocycles. The van der Waals surface area contributed by atoms with Gasteiger partial charge in [0.15, 0.2) is 0 Å². The zero-order valence-corrected chi connectivity index (χ0v) is 14.0. The summed E-state index contributed by atoms with van der Waals surface area (Å²) in [6.07, 6.45) is 9.65. The van der Waals surface area contributed by atoms with Crippen molar-refractivity contribution in [2.75, 3.05) is 18.0 Å². The summed E-state index contributed by atoms with van der Waals surface area (Å²) in [6.45, 7) is 2.19. The molecule has 0 unspecified atom stereocenters. The molecule has 4 heteroatoms. The van der Waals surface area contributed by atoms with E-state index < -0.39 is 0 Å². The van der Waals surface area contributed by atoms with E-state index >= 15 is 0 Å². The maximum absolute atomic E-state index is 6.29. The normalized spacial score (nSPS) is 21.5. The Kier molecular flexibility index (Phi) is 4.41. The van der Waals surface area contributed by atoms with E-state index in [4.69, 9.17) is 29.6 Å². The van der Waals surface area contributed by atoms with E-state index in [9.17, 15) is 0 Å². The molecule has 0 bridgehead atoms. The van der Waals surface area contributed by atoms with Crippen LogP contribution in [-0.2, 0) is 0 Å². The van der Waals surface area contributed by atoms with Crippen LogP contribution in [0.3, 0.4) is 0 Å². The minimum Gasteiger partial charge on any atom is -0.389 e. The van der Waals surface area contributed by atoms with Gasteiger partial charge in [0.2, 0.25) is 0 Å². The standard InChI is InChI=1S/C17H23ClN2S/c18-13-5-4-6-14(15(13)16(19)21)20-11-9-17(10-12-20)7-2-1-3-8-17/h4-6H,1-3,7-12H2,(H2,19,21). The van der Waals surface area contributed by atoms with Crippen molar-refractivity contribution in [1.29, 1.82) is 0 Å². The van der Waals surface area contributed by atoms with E-state index in [2.05, 4.69) is 11.0 Å². The Hall–Kier alpha value is -0.800. The van der Waals surface area contributed by atoms with Gasteiger partial charge in [-0.2, -0.15) is 0 Å². The number of piperidine rings is 1. The smallest absolute Gasteiger partial charge is 0.107 e. The third-order valence-electron chi connectivity index (χ3n) is 5.32. The first-order valence-electron chi connectivity index (χ1n) is 7.95. The number of halogens is 1. The SMILES string of the molecule is NC(=S)c1c(Cl)cccc1N1CCC2(CCCCC2)CC1. The fourth-order valence-corrected chi connectivity index (χ4v) is 4.59. The third-order valence-corrected chi connectivity index (χ3v) is 5.84. The van der Waals surface area contributed by atoms with Crippen molar-refractivity contribution in [2.24, 2.45) is 11.1 Å². The summed E-state index contributed by atoms with van der Waals surface area (Å²) in [7, 11) is 0. The summed E-state index contributed by atoms with van der Waals surface area (Å²) in [5, 5.41) is 0.665. The van der Waals surface area contributed by atoms with Crippen LogP contribution in [0.5, 0.6) is 0 Å². The molecule has 1 aliphatic carbocycles. The highest BCUT2D eigenvalue weighted by Gasteiger charge is 2.36. The molecule has 2 fully saturated rings. The average Bonchev–Trinajstić information content (AvgIpc) is 2.48. The predicted molar refractivity (Wildman–Crippen MR) is 94.3 cm³/mol. The van der Waals surface area contributed by atoms with Gasteiger partial charge in [-0.05, 0) is 43.2 Å². The predicted octanol–water partition coefficient (Wildman–Crippen LogP) is 4.52. The van der Waals surface area contributed by atoms with Crippen LogP contribution in [0.25, 0.3) is 0 Å². The molecule has 1 aliphatic heterocycles. The Morgan fingerprint density at radius 2 is 1.76 bits per heavy atom. The Morgan fingerprint density at radius 1 is 1.10 bits per heavy atom. The molecule has 1 saturated carbocycles. The number of hydrogen-bond acceptors (Lipinski definition) is 2. The molecule has 0 radical (unpaired) electrons. The number of rotatable bonds is 2. The van der Waals surface area contributed by atoms with Gasteiger partial charge in [0.1, 0.15) is 4.99 Å². The van der Waals surface area contributed by atoms with Crippen molar-refractivity contribution in [3.63, 3.8) is 0 Å². The fraction of sp³-hybridized carbons (Fsp3) is 0.588. The molecule has 1 saturated heterocycles. The molecule has 2 aliphatic rings. The molecule has 1 aromatic rings. The molecule has 0 amide bonds. The first-order valence-corrected chi connectivity index (χ1v) is 8.73. The summed E-state index contributed by atoms with van der Waals surface area (Å²) < 4.78 is 0. The van der Waals surface area contributed by atoms with Gasteiger partial charge in [0.25, 0.3) is 0 Å². The zero-order chi connectivity index (χ0) is 14.9. The molecule has 2 N–H and O–H groups in total. The van der Waals surface area contributed by atoms with Gasteiger partial charge in [-0.3, -0.25) is 0 Å². The molecule has 114 valence electrons.